The normalized spacial score (nSPS) is 19.6. The Labute approximate surface area is 176 Å². The average Bonchev–Trinajstić information content (AvgIpc) is 2.74. The van der Waals surface area contributed by atoms with Gasteiger partial charge >= 0.3 is 0 Å². The number of unbranched alkanes of at least 4 members (excludes halogenated alkanes) is 6. The van der Waals surface area contributed by atoms with E-state index < -0.39 is 0 Å². The highest BCUT2D eigenvalue weighted by molar-refractivity contribution is 6.28. The standard InChI is InChI=1S/C25H35ClN2/c1-2-3-4-5-6-7-8-9-20-10-12-21(13-11-20)22-14-16-23(17-15-22)24-18-27-25(26)28-19-24/h14-21H,2-13H2,1H3. The van der Waals surface area contributed by atoms with Crippen LogP contribution in [0.25, 0.3) is 11.1 Å². The van der Waals surface area contributed by atoms with Gasteiger partial charge in [0.1, 0.15) is 0 Å². The summed E-state index contributed by atoms with van der Waals surface area (Å²) in [4.78, 5) is 8.16. The van der Waals surface area contributed by atoms with Crippen LogP contribution in [0.2, 0.25) is 5.28 Å². The molecule has 0 spiro atoms. The number of aromatic nitrogens is 2. The monoisotopic (exact) mass is 398 g/mol. The van der Waals surface area contributed by atoms with Crippen LogP contribution in [0.5, 0.6) is 0 Å². The summed E-state index contributed by atoms with van der Waals surface area (Å²) in [7, 11) is 0. The molecule has 0 radical (unpaired) electrons. The SMILES string of the molecule is CCCCCCCCCC1CCC(c2ccc(-c3cnc(Cl)nc3)cc2)CC1. The van der Waals surface area contributed by atoms with Crippen LogP contribution in [-0.2, 0) is 0 Å². The Balaban J connectivity index is 1.38. The third-order valence-corrected chi connectivity index (χ3v) is 6.59. The second-order valence-electron chi connectivity index (χ2n) is 8.49. The molecule has 28 heavy (non-hydrogen) atoms. The van der Waals surface area contributed by atoms with Gasteiger partial charge in [-0.3, -0.25) is 0 Å². The highest BCUT2D eigenvalue weighted by atomic mass is 35.5. The van der Waals surface area contributed by atoms with Crippen molar-refractivity contribution < 1.29 is 0 Å². The van der Waals surface area contributed by atoms with Crippen molar-refractivity contribution >= 4 is 11.6 Å². The molecule has 0 aliphatic heterocycles. The van der Waals surface area contributed by atoms with Gasteiger partial charge in [-0.15, -0.1) is 0 Å². The number of nitrogens with zero attached hydrogens (tertiary/aromatic N) is 2. The molecule has 2 nitrogen and oxygen atoms in total. The fourth-order valence-electron chi connectivity index (χ4n) is 4.58. The maximum absolute atomic E-state index is 5.78. The lowest BCUT2D eigenvalue weighted by Gasteiger charge is -2.29. The van der Waals surface area contributed by atoms with Crippen molar-refractivity contribution in [3.63, 3.8) is 0 Å². The molecule has 0 amide bonds. The van der Waals surface area contributed by atoms with Crippen LogP contribution in [0.1, 0.15) is 95.5 Å². The predicted octanol–water partition coefficient (Wildman–Crippen LogP) is 8.21. The Morgan fingerprint density at radius 2 is 1.39 bits per heavy atom. The third kappa shape index (κ3) is 6.58. The first kappa shape index (κ1) is 21.3. The fourth-order valence-corrected chi connectivity index (χ4v) is 4.68. The van der Waals surface area contributed by atoms with E-state index in [9.17, 15) is 0 Å². The Kier molecular flexibility index (Phi) is 8.79. The van der Waals surface area contributed by atoms with Crippen LogP contribution in [0.3, 0.4) is 0 Å². The molecule has 1 aliphatic rings. The summed E-state index contributed by atoms with van der Waals surface area (Å²) in [5.74, 6) is 1.71. The molecule has 152 valence electrons. The van der Waals surface area contributed by atoms with Crippen LogP contribution < -0.4 is 0 Å². The summed E-state index contributed by atoms with van der Waals surface area (Å²) in [6, 6.07) is 9.00. The molecule has 0 unspecified atom stereocenters. The molecule has 1 fully saturated rings. The second kappa shape index (κ2) is 11.6. The van der Waals surface area contributed by atoms with E-state index in [1.54, 1.807) is 12.4 Å². The van der Waals surface area contributed by atoms with E-state index in [-0.39, 0.29) is 0 Å². The summed E-state index contributed by atoms with van der Waals surface area (Å²) in [6.45, 7) is 2.29. The molecular weight excluding hydrogens is 364 g/mol. The Morgan fingerprint density at radius 3 is 2.04 bits per heavy atom. The van der Waals surface area contributed by atoms with E-state index in [0.29, 0.717) is 5.28 Å². The lowest BCUT2D eigenvalue weighted by Crippen LogP contribution is -2.13. The van der Waals surface area contributed by atoms with E-state index in [2.05, 4.69) is 41.2 Å². The van der Waals surface area contributed by atoms with Gasteiger partial charge in [0.2, 0.25) is 5.28 Å². The van der Waals surface area contributed by atoms with Gasteiger partial charge in [0.25, 0.3) is 0 Å². The summed E-state index contributed by atoms with van der Waals surface area (Å²) in [5, 5.41) is 0.300. The van der Waals surface area contributed by atoms with E-state index in [1.807, 2.05) is 0 Å². The zero-order chi connectivity index (χ0) is 19.6. The number of benzene rings is 1. The van der Waals surface area contributed by atoms with E-state index in [4.69, 9.17) is 11.6 Å². The molecule has 1 aromatic heterocycles. The first-order valence-corrected chi connectivity index (χ1v) is 11.7. The van der Waals surface area contributed by atoms with Crippen molar-refractivity contribution in [2.75, 3.05) is 0 Å². The number of rotatable bonds is 10. The molecule has 2 aromatic rings. The Bertz CT molecular complexity index is 673. The first-order chi connectivity index (χ1) is 13.8. The van der Waals surface area contributed by atoms with Gasteiger partial charge in [0, 0.05) is 18.0 Å². The smallest absolute Gasteiger partial charge is 0.222 e. The van der Waals surface area contributed by atoms with Gasteiger partial charge in [0.05, 0.1) is 0 Å². The molecule has 1 saturated carbocycles. The summed E-state index contributed by atoms with van der Waals surface area (Å²) >= 11 is 5.78. The van der Waals surface area contributed by atoms with Gasteiger partial charge < -0.3 is 0 Å². The van der Waals surface area contributed by atoms with E-state index in [1.165, 1.54) is 82.6 Å². The maximum Gasteiger partial charge on any atom is 0.222 e. The topological polar surface area (TPSA) is 25.8 Å². The molecule has 0 atom stereocenters. The van der Waals surface area contributed by atoms with E-state index in [0.717, 1.165) is 23.0 Å². The number of hydrogen-bond acceptors (Lipinski definition) is 2. The second-order valence-corrected chi connectivity index (χ2v) is 8.83. The largest absolute Gasteiger partial charge is 0.226 e. The van der Waals surface area contributed by atoms with Crippen molar-refractivity contribution in [1.29, 1.82) is 0 Å². The van der Waals surface area contributed by atoms with Gasteiger partial charge in [-0.05, 0) is 60.2 Å². The van der Waals surface area contributed by atoms with Crippen LogP contribution in [0, 0.1) is 5.92 Å². The minimum Gasteiger partial charge on any atom is -0.226 e. The molecular formula is C25H35ClN2. The first-order valence-electron chi connectivity index (χ1n) is 11.3. The zero-order valence-corrected chi connectivity index (χ0v) is 18.1. The van der Waals surface area contributed by atoms with Gasteiger partial charge in [-0.2, -0.15) is 0 Å². The highest BCUT2D eigenvalue weighted by Gasteiger charge is 2.22. The molecule has 3 heteroatoms. The van der Waals surface area contributed by atoms with Crippen LogP contribution in [-0.4, -0.2) is 9.97 Å². The van der Waals surface area contributed by atoms with Gasteiger partial charge in [0.15, 0.2) is 0 Å². The van der Waals surface area contributed by atoms with Crippen LogP contribution in [0.4, 0.5) is 0 Å². The predicted molar refractivity (Wildman–Crippen MR) is 120 cm³/mol. The summed E-state index contributed by atoms with van der Waals surface area (Å²) < 4.78 is 0. The van der Waals surface area contributed by atoms with Crippen molar-refractivity contribution in [2.24, 2.45) is 5.92 Å². The molecule has 0 N–H and O–H groups in total. The molecule has 1 aromatic carbocycles. The molecule has 1 aliphatic carbocycles. The van der Waals surface area contributed by atoms with E-state index >= 15 is 0 Å². The van der Waals surface area contributed by atoms with Crippen molar-refractivity contribution in [2.45, 2.75) is 89.9 Å². The highest BCUT2D eigenvalue weighted by Crippen LogP contribution is 2.38. The summed E-state index contributed by atoms with van der Waals surface area (Å²) in [6.07, 6.45) is 20.5. The van der Waals surface area contributed by atoms with Crippen LogP contribution in [0.15, 0.2) is 36.7 Å². The third-order valence-electron chi connectivity index (χ3n) is 6.40. The lowest BCUT2D eigenvalue weighted by atomic mass is 9.77. The quantitative estimate of drug-likeness (QED) is 0.297. The molecule has 0 saturated heterocycles. The Hall–Kier alpha value is -1.41. The van der Waals surface area contributed by atoms with Crippen LogP contribution >= 0.6 is 11.6 Å². The minimum absolute atomic E-state index is 0.300. The minimum atomic E-state index is 0.300. The lowest BCUT2D eigenvalue weighted by molar-refractivity contribution is 0.302. The average molecular weight is 399 g/mol. The molecule has 0 bridgehead atoms. The number of hydrogen-bond donors (Lipinski definition) is 0. The van der Waals surface area contributed by atoms with Gasteiger partial charge in [-0.25, -0.2) is 9.97 Å². The number of halogens is 1. The molecule has 1 heterocycles. The Morgan fingerprint density at radius 1 is 0.786 bits per heavy atom. The fraction of sp³-hybridized carbons (Fsp3) is 0.600. The van der Waals surface area contributed by atoms with Crippen molar-refractivity contribution in [3.8, 4) is 11.1 Å². The van der Waals surface area contributed by atoms with Crippen molar-refractivity contribution in [3.05, 3.63) is 47.5 Å². The van der Waals surface area contributed by atoms with Crippen molar-refractivity contribution in [1.82, 2.24) is 9.97 Å². The zero-order valence-electron chi connectivity index (χ0n) is 17.4. The summed E-state index contributed by atoms with van der Waals surface area (Å²) in [5.41, 5.74) is 3.68. The maximum atomic E-state index is 5.78. The van der Waals surface area contributed by atoms with Gasteiger partial charge in [-0.1, -0.05) is 82.6 Å². The molecule has 3 rings (SSSR count).